The van der Waals surface area contributed by atoms with Gasteiger partial charge >= 0.3 is 0 Å². The smallest absolute Gasteiger partial charge is 0.265 e. The van der Waals surface area contributed by atoms with Gasteiger partial charge in [-0.15, -0.1) is 0 Å². The Hall–Kier alpha value is -2.98. The number of hydrogen-bond acceptors (Lipinski definition) is 5. The summed E-state index contributed by atoms with van der Waals surface area (Å²) in [4.78, 5) is 17.4. The summed E-state index contributed by atoms with van der Waals surface area (Å²) in [5.74, 6) is 0.424. The van der Waals surface area contributed by atoms with Crippen molar-refractivity contribution in [3.63, 3.8) is 0 Å². The van der Waals surface area contributed by atoms with Crippen molar-refractivity contribution in [2.75, 3.05) is 6.61 Å². The predicted molar refractivity (Wildman–Crippen MR) is 88.8 cm³/mol. The van der Waals surface area contributed by atoms with Crippen molar-refractivity contribution in [1.82, 2.24) is 19.3 Å². The summed E-state index contributed by atoms with van der Waals surface area (Å²) in [6, 6.07) is 11.5. The van der Waals surface area contributed by atoms with Gasteiger partial charge in [0, 0.05) is 6.61 Å². The number of fused-ring (bicyclic) bond motifs is 1. The van der Waals surface area contributed by atoms with Crippen molar-refractivity contribution >= 4 is 11.0 Å². The van der Waals surface area contributed by atoms with Gasteiger partial charge in [0.1, 0.15) is 24.4 Å². The minimum atomic E-state index is -0.268. The highest BCUT2D eigenvalue weighted by atomic mass is 16.5. The van der Waals surface area contributed by atoms with E-state index in [-0.39, 0.29) is 18.7 Å². The van der Waals surface area contributed by atoms with E-state index in [1.807, 2.05) is 43.3 Å². The normalized spacial score (nSPS) is 10.9. The number of para-hydroxylation sites is 1. The molecule has 0 aliphatic rings. The molecule has 0 aliphatic heterocycles. The molecule has 2 heterocycles. The number of nitriles is 1. The lowest BCUT2D eigenvalue weighted by atomic mass is 10.3. The molecule has 3 aromatic rings. The summed E-state index contributed by atoms with van der Waals surface area (Å²) in [6.45, 7) is 4.23. The van der Waals surface area contributed by atoms with Crippen LogP contribution in [0.1, 0.15) is 18.4 Å². The Bertz CT molecular complexity index is 967. The Morgan fingerprint density at radius 3 is 2.71 bits per heavy atom. The molecule has 0 radical (unpaired) electrons. The molecule has 0 bridgehead atoms. The molecule has 0 amide bonds. The molecule has 7 nitrogen and oxygen atoms in total. The first kappa shape index (κ1) is 15.9. The summed E-state index contributed by atoms with van der Waals surface area (Å²) < 4.78 is 8.40. The van der Waals surface area contributed by atoms with Crippen molar-refractivity contribution < 1.29 is 4.74 Å². The summed E-state index contributed by atoms with van der Waals surface area (Å²) in [5, 5.41) is 13.9. The van der Waals surface area contributed by atoms with E-state index >= 15 is 0 Å². The van der Waals surface area contributed by atoms with E-state index in [2.05, 4.69) is 10.1 Å². The van der Waals surface area contributed by atoms with Crippen molar-refractivity contribution in [3.05, 3.63) is 52.2 Å². The second-order valence-corrected chi connectivity index (χ2v) is 5.25. The van der Waals surface area contributed by atoms with E-state index in [1.54, 1.807) is 11.6 Å². The number of rotatable bonds is 5. The SMILES string of the molecule is CCOCc1nc2c(c(C)nn2-c2ccccc2)c(=O)n1CC#N. The molecule has 122 valence electrons. The van der Waals surface area contributed by atoms with Crippen LogP contribution in [0.15, 0.2) is 35.1 Å². The van der Waals surface area contributed by atoms with Gasteiger partial charge in [-0.05, 0) is 26.0 Å². The maximum atomic E-state index is 12.8. The fourth-order valence-corrected chi connectivity index (χ4v) is 2.59. The Morgan fingerprint density at radius 1 is 1.29 bits per heavy atom. The third-order valence-electron chi connectivity index (χ3n) is 3.71. The Balaban J connectivity index is 2.30. The van der Waals surface area contributed by atoms with E-state index < -0.39 is 0 Å². The van der Waals surface area contributed by atoms with Crippen LogP contribution < -0.4 is 5.56 Å². The molecule has 0 aliphatic carbocycles. The zero-order chi connectivity index (χ0) is 17.1. The number of aryl methyl sites for hydroxylation is 1. The number of aromatic nitrogens is 4. The van der Waals surface area contributed by atoms with Crippen LogP contribution in [0.3, 0.4) is 0 Å². The first-order valence-corrected chi connectivity index (χ1v) is 7.66. The molecule has 0 fully saturated rings. The minimum Gasteiger partial charge on any atom is -0.374 e. The maximum Gasteiger partial charge on any atom is 0.265 e. The molecule has 2 aromatic heterocycles. The Kier molecular flexibility index (Phi) is 4.40. The standard InChI is InChI=1S/C17H17N5O2/c1-3-24-11-14-19-16-15(17(23)21(14)10-9-18)12(2)20-22(16)13-7-5-4-6-8-13/h4-8H,3,10-11H2,1-2H3. The molecule has 0 spiro atoms. The highest BCUT2D eigenvalue weighted by Gasteiger charge is 2.18. The van der Waals surface area contributed by atoms with Gasteiger partial charge < -0.3 is 4.74 Å². The van der Waals surface area contributed by atoms with Gasteiger partial charge in [-0.1, -0.05) is 18.2 Å². The van der Waals surface area contributed by atoms with E-state index in [4.69, 9.17) is 10.00 Å². The number of nitrogens with zero attached hydrogens (tertiary/aromatic N) is 5. The van der Waals surface area contributed by atoms with Gasteiger partial charge in [-0.3, -0.25) is 9.36 Å². The molecule has 24 heavy (non-hydrogen) atoms. The second kappa shape index (κ2) is 6.64. The van der Waals surface area contributed by atoms with Gasteiger partial charge in [0.25, 0.3) is 5.56 Å². The topological polar surface area (TPSA) is 85.7 Å². The van der Waals surface area contributed by atoms with Crippen LogP contribution in [-0.2, 0) is 17.9 Å². The van der Waals surface area contributed by atoms with Crippen molar-refractivity contribution in [3.8, 4) is 11.8 Å². The zero-order valence-electron chi connectivity index (χ0n) is 13.6. The lowest BCUT2D eigenvalue weighted by molar-refractivity contribution is 0.125. The van der Waals surface area contributed by atoms with E-state index in [1.165, 1.54) is 4.57 Å². The number of hydrogen-bond donors (Lipinski definition) is 0. The molecule has 3 rings (SSSR count). The third kappa shape index (κ3) is 2.68. The average Bonchev–Trinajstić information content (AvgIpc) is 2.93. The highest BCUT2D eigenvalue weighted by Crippen LogP contribution is 2.18. The second-order valence-electron chi connectivity index (χ2n) is 5.25. The minimum absolute atomic E-state index is 0.0693. The highest BCUT2D eigenvalue weighted by molar-refractivity contribution is 5.78. The van der Waals surface area contributed by atoms with Crippen LogP contribution >= 0.6 is 0 Å². The van der Waals surface area contributed by atoms with Crippen molar-refractivity contribution in [2.24, 2.45) is 0 Å². The predicted octanol–water partition coefficient (Wildman–Crippen LogP) is 1.95. The van der Waals surface area contributed by atoms with Gasteiger partial charge in [0.05, 0.1) is 17.5 Å². The fraction of sp³-hybridized carbons (Fsp3) is 0.294. The third-order valence-corrected chi connectivity index (χ3v) is 3.71. The molecule has 1 aromatic carbocycles. The van der Waals surface area contributed by atoms with Crippen LogP contribution in [0.25, 0.3) is 16.7 Å². The van der Waals surface area contributed by atoms with Gasteiger partial charge in [0.2, 0.25) is 0 Å². The summed E-state index contributed by atoms with van der Waals surface area (Å²) in [5.41, 5.74) is 1.62. The van der Waals surface area contributed by atoms with Gasteiger partial charge in [0.15, 0.2) is 5.65 Å². The molecule has 0 unspecified atom stereocenters. The van der Waals surface area contributed by atoms with Crippen LogP contribution in [0.2, 0.25) is 0 Å². The Labute approximate surface area is 138 Å². The largest absolute Gasteiger partial charge is 0.374 e. The van der Waals surface area contributed by atoms with Crippen molar-refractivity contribution in [1.29, 1.82) is 5.26 Å². The maximum absolute atomic E-state index is 12.8. The van der Waals surface area contributed by atoms with Crippen LogP contribution in [0, 0.1) is 18.3 Å². The fourth-order valence-electron chi connectivity index (χ4n) is 2.59. The van der Waals surface area contributed by atoms with E-state index in [9.17, 15) is 4.79 Å². The molecule has 0 saturated heterocycles. The molecular weight excluding hydrogens is 306 g/mol. The average molecular weight is 323 g/mol. The lowest BCUT2D eigenvalue weighted by Crippen LogP contribution is -2.26. The number of benzene rings is 1. The lowest BCUT2D eigenvalue weighted by Gasteiger charge is -2.10. The van der Waals surface area contributed by atoms with E-state index in [0.29, 0.717) is 29.2 Å². The molecule has 0 saturated carbocycles. The van der Waals surface area contributed by atoms with Crippen molar-refractivity contribution in [2.45, 2.75) is 27.0 Å². The first-order chi connectivity index (χ1) is 11.7. The molecule has 0 N–H and O–H groups in total. The van der Waals surface area contributed by atoms with Gasteiger partial charge in [-0.25, -0.2) is 9.67 Å². The zero-order valence-corrected chi connectivity index (χ0v) is 13.6. The molecular formula is C17H17N5O2. The Morgan fingerprint density at radius 2 is 2.04 bits per heavy atom. The van der Waals surface area contributed by atoms with Crippen LogP contribution in [0.4, 0.5) is 0 Å². The molecule has 7 heteroatoms. The number of ether oxygens (including phenoxy) is 1. The first-order valence-electron chi connectivity index (χ1n) is 7.66. The summed E-state index contributed by atoms with van der Waals surface area (Å²) >= 11 is 0. The summed E-state index contributed by atoms with van der Waals surface area (Å²) in [6.07, 6.45) is 0. The monoisotopic (exact) mass is 323 g/mol. The van der Waals surface area contributed by atoms with Gasteiger partial charge in [-0.2, -0.15) is 10.4 Å². The van der Waals surface area contributed by atoms with Crippen LogP contribution in [0.5, 0.6) is 0 Å². The van der Waals surface area contributed by atoms with E-state index in [0.717, 1.165) is 5.69 Å². The quantitative estimate of drug-likeness (QED) is 0.716. The van der Waals surface area contributed by atoms with Crippen LogP contribution in [-0.4, -0.2) is 25.9 Å². The molecule has 0 atom stereocenters. The summed E-state index contributed by atoms with van der Waals surface area (Å²) in [7, 11) is 0.